The van der Waals surface area contributed by atoms with Gasteiger partial charge in [0.05, 0.1) is 17.1 Å². The molecule has 3 N–H and O–H groups in total. The van der Waals surface area contributed by atoms with Crippen LogP contribution < -0.4 is 20.1 Å². The molecule has 0 aliphatic rings. The van der Waals surface area contributed by atoms with Crippen molar-refractivity contribution < 1.29 is 17.9 Å². The van der Waals surface area contributed by atoms with E-state index in [4.69, 9.17) is 17.0 Å². The highest BCUT2D eigenvalue weighted by Gasteiger charge is 2.15. The number of thiocarbonyl (C=S) groups is 1. The number of benzene rings is 3. The predicted molar refractivity (Wildman–Crippen MR) is 137 cm³/mol. The van der Waals surface area contributed by atoms with Gasteiger partial charge in [-0.25, -0.2) is 13.1 Å². The van der Waals surface area contributed by atoms with Gasteiger partial charge >= 0.3 is 0 Å². The van der Waals surface area contributed by atoms with Crippen molar-refractivity contribution >= 4 is 38.9 Å². The first-order valence-corrected chi connectivity index (χ1v) is 12.8. The molecule has 9 heteroatoms. The number of unbranched alkanes of at least 4 members (excludes halogenated alkanes) is 1. The molecule has 0 aliphatic carbocycles. The molecule has 0 aliphatic heterocycles. The molecule has 178 valence electrons. The average Bonchev–Trinajstić information content (AvgIpc) is 2.84. The van der Waals surface area contributed by atoms with Gasteiger partial charge in [0, 0.05) is 12.2 Å². The largest absolute Gasteiger partial charge is 0.493 e. The predicted octanol–water partition coefficient (Wildman–Crippen LogP) is 4.47. The van der Waals surface area contributed by atoms with Crippen LogP contribution in [0.1, 0.15) is 35.7 Å². The standard InChI is InChI=1S/C25H27N3O4S2/c1-2-3-17-32-23-12-8-7-11-22(23)24(29)28-25(33)27-20-13-15-21(16-14-20)34(30,31)26-18-19-9-5-4-6-10-19/h4-16,26H,2-3,17-18H2,1H3,(H2,27,28,29,33). The fraction of sp³-hybridized carbons (Fsp3) is 0.200. The SMILES string of the molecule is CCCCOc1ccccc1C(=O)NC(=S)Nc1ccc(S(=O)(=O)NCc2ccccc2)cc1. The third kappa shape index (κ3) is 7.38. The van der Waals surface area contributed by atoms with Gasteiger partial charge in [-0.05, 0) is 60.6 Å². The zero-order valence-corrected chi connectivity index (χ0v) is 20.4. The van der Waals surface area contributed by atoms with Crippen molar-refractivity contribution in [1.82, 2.24) is 10.0 Å². The lowest BCUT2D eigenvalue weighted by molar-refractivity contribution is 0.0973. The number of ether oxygens (including phenoxy) is 1. The second kappa shape index (κ2) is 12.3. The lowest BCUT2D eigenvalue weighted by Crippen LogP contribution is -2.34. The zero-order valence-electron chi connectivity index (χ0n) is 18.8. The van der Waals surface area contributed by atoms with Gasteiger partial charge in [0.2, 0.25) is 10.0 Å². The first-order chi connectivity index (χ1) is 16.4. The van der Waals surface area contributed by atoms with Crippen molar-refractivity contribution in [1.29, 1.82) is 0 Å². The molecular formula is C25H27N3O4S2. The highest BCUT2D eigenvalue weighted by Crippen LogP contribution is 2.19. The number of nitrogens with one attached hydrogen (secondary N) is 3. The fourth-order valence-electron chi connectivity index (χ4n) is 3.01. The summed E-state index contributed by atoms with van der Waals surface area (Å²) in [6.45, 7) is 2.79. The highest BCUT2D eigenvalue weighted by atomic mass is 32.2. The molecule has 3 rings (SSSR count). The summed E-state index contributed by atoms with van der Waals surface area (Å²) in [4.78, 5) is 12.8. The highest BCUT2D eigenvalue weighted by molar-refractivity contribution is 7.89. The number of anilines is 1. The topological polar surface area (TPSA) is 96.5 Å². The minimum Gasteiger partial charge on any atom is -0.493 e. The molecule has 0 bridgehead atoms. The van der Waals surface area contributed by atoms with Crippen LogP contribution in [0.3, 0.4) is 0 Å². The third-order valence-corrected chi connectivity index (χ3v) is 6.47. The number of carbonyl (C=O) groups is 1. The van der Waals surface area contributed by atoms with Gasteiger partial charge in [-0.1, -0.05) is 55.8 Å². The molecule has 3 aromatic rings. The van der Waals surface area contributed by atoms with Crippen LogP contribution in [0.5, 0.6) is 5.75 Å². The molecular weight excluding hydrogens is 470 g/mol. The zero-order chi connectivity index (χ0) is 24.4. The number of hydrogen-bond acceptors (Lipinski definition) is 5. The number of rotatable bonds is 10. The van der Waals surface area contributed by atoms with E-state index >= 15 is 0 Å². The summed E-state index contributed by atoms with van der Waals surface area (Å²) in [5, 5.41) is 5.61. The molecule has 0 unspecified atom stereocenters. The number of hydrogen-bond donors (Lipinski definition) is 3. The molecule has 0 spiro atoms. The molecule has 1 amide bonds. The van der Waals surface area contributed by atoms with E-state index in [0.717, 1.165) is 18.4 Å². The lowest BCUT2D eigenvalue weighted by atomic mass is 10.2. The lowest BCUT2D eigenvalue weighted by Gasteiger charge is -2.13. The summed E-state index contributed by atoms with van der Waals surface area (Å²) in [6.07, 6.45) is 1.88. The van der Waals surface area contributed by atoms with E-state index in [0.29, 0.717) is 23.6 Å². The van der Waals surface area contributed by atoms with Crippen molar-refractivity contribution in [2.24, 2.45) is 0 Å². The maximum atomic E-state index is 12.7. The molecule has 34 heavy (non-hydrogen) atoms. The normalized spacial score (nSPS) is 11.0. The van der Waals surface area contributed by atoms with E-state index in [9.17, 15) is 13.2 Å². The summed E-state index contributed by atoms with van der Waals surface area (Å²) in [7, 11) is -3.67. The minimum atomic E-state index is -3.67. The van der Waals surface area contributed by atoms with Gasteiger partial charge in [0.25, 0.3) is 5.91 Å². The summed E-state index contributed by atoms with van der Waals surface area (Å²) in [5.41, 5.74) is 1.79. The maximum Gasteiger partial charge on any atom is 0.261 e. The molecule has 0 fully saturated rings. The number of para-hydroxylation sites is 1. The van der Waals surface area contributed by atoms with Crippen molar-refractivity contribution in [3.8, 4) is 5.75 Å². The van der Waals surface area contributed by atoms with E-state index in [1.54, 1.807) is 36.4 Å². The van der Waals surface area contributed by atoms with Crippen molar-refractivity contribution in [3.63, 3.8) is 0 Å². The fourth-order valence-corrected chi connectivity index (χ4v) is 4.24. The second-order valence-electron chi connectivity index (χ2n) is 7.44. The average molecular weight is 498 g/mol. The van der Waals surface area contributed by atoms with Gasteiger partial charge in [-0.15, -0.1) is 0 Å². The van der Waals surface area contributed by atoms with Gasteiger partial charge in [-0.3, -0.25) is 10.1 Å². The van der Waals surface area contributed by atoms with Crippen LogP contribution in [0.4, 0.5) is 5.69 Å². The first kappa shape index (κ1) is 25.4. The Bertz CT molecular complexity index is 1210. The summed E-state index contributed by atoms with van der Waals surface area (Å²) >= 11 is 5.25. The molecule has 0 aromatic heterocycles. The van der Waals surface area contributed by atoms with Crippen LogP contribution >= 0.6 is 12.2 Å². The molecule has 0 saturated carbocycles. The molecule has 0 heterocycles. The maximum absolute atomic E-state index is 12.7. The Labute approximate surface area is 205 Å². The van der Waals surface area contributed by atoms with Gasteiger partial charge in [-0.2, -0.15) is 0 Å². The number of sulfonamides is 1. The Morgan fingerprint density at radius 3 is 2.32 bits per heavy atom. The van der Waals surface area contributed by atoms with Crippen LogP contribution in [0.2, 0.25) is 0 Å². The third-order valence-electron chi connectivity index (χ3n) is 4.85. The van der Waals surface area contributed by atoms with Crippen LogP contribution in [0, 0.1) is 0 Å². The van der Waals surface area contributed by atoms with E-state index in [1.165, 1.54) is 12.1 Å². The van der Waals surface area contributed by atoms with Crippen LogP contribution in [-0.2, 0) is 16.6 Å². The number of amides is 1. The van der Waals surface area contributed by atoms with Crippen molar-refractivity contribution in [3.05, 3.63) is 90.0 Å². The van der Waals surface area contributed by atoms with Gasteiger partial charge in [0.15, 0.2) is 5.11 Å². The van der Waals surface area contributed by atoms with E-state index in [1.807, 2.05) is 30.3 Å². The van der Waals surface area contributed by atoms with E-state index in [-0.39, 0.29) is 16.6 Å². The molecule has 0 saturated heterocycles. The summed E-state index contributed by atoms with van der Waals surface area (Å²) < 4.78 is 33.4. The quantitative estimate of drug-likeness (QED) is 0.283. The Morgan fingerprint density at radius 1 is 0.941 bits per heavy atom. The smallest absolute Gasteiger partial charge is 0.261 e. The van der Waals surface area contributed by atoms with Gasteiger partial charge in [0.1, 0.15) is 5.75 Å². The Morgan fingerprint density at radius 2 is 1.62 bits per heavy atom. The Kier molecular flexibility index (Phi) is 9.15. The van der Waals surface area contributed by atoms with Crippen molar-refractivity contribution in [2.45, 2.75) is 31.2 Å². The molecule has 7 nitrogen and oxygen atoms in total. The number of carbonyl (C=O) groups excluding carboxylic acids is 1. The Hall–Kier alpha value is -3.27. The van der Waals surface area contributed by atoms with Crippen LogP contribution in [0.15, 0.2) is 83.8 Å². The van der Waals surface area contributed by atoms with E-state index in [2.05, 4.69) is 22.3 Å². The summed E-state index contributed by atoms with van der Waals surface area (Å²) in [5.74, 6) is 0.0997. The second-order valence-corrected chi connectivity index (χ2v) is 9.62. The molecule has 3 aromatic carbocycles. The van der Waals surface area contributed by atoms with E-state index < -0.39 is 15.9 Å². The van der Waals surface area contributed by atoms with Gasteiger partial charge < -0.3 is 10.1 Å². The first-order valence-electron chi connectivity index (χ1n) is 10.9. The van der Waals surface area contributed by atoms with Crippen molar-refractivity contribution in [2.75, 3.05) is 11.9 Å². The van der Waals surface area contributed by atoms with Crippen LogP contribution in [0.25, 0.3) is 0 Å². The minimum absolute atomic E-state index is 0.0890. The van der Waals surface area contributed by atoms with Crippen LogP contribution in [-0.4, -0.2) is 26.0 Å². The summed E-state index contributed by atoms with van der Waals surface area (Å²) in [6, 6.07) is 22.3. The Balaban J connectivity index is 1.57. The molecule has 0 radical (unpaired) electrons. The monoisotopic (exact) mass is 497 g/mol. The molecule has 0 atom stereocenters.